The Kier molecular flexibility index (Phi) is 7.49. The van der Waals surface area contributed by atoms with Crippen molar-refractivity contribution in [3.63, 3.8) is 0 Å². The van der Waals surface area contributed by atoms with Crippen LogP contribution in [0.2, 0.25) is 0 Å². The molecule has 4 nitrogen and oxygen atoms in total. The maximum atomic E-state index is 12.8. The summed E-state index contributed by atoms with van der Waals surface area (Å²) >= 11 is 0. The van der Waals surface area contributed by atoms with Gasteiger partial charge in [0.2, 0.25) is 0 Å². The van der Waals surface area contributed by atoms with E-state index in [0.29, 0.717) is 23.2 Å². The van der Waals surface area contributed by atoms with E-state index < -0.39 is 0 Å². The van der Waals surface area contributed by atoms with Crippen LogP contribution in [-0.4, -0.2) is 23.9 Å². The van der Waals surface area contributed by atoms with Crippen LogP contribution in [-0.2, 0) is 0 Å². The molecule has 32 heavy (non-hydrogen) atoms. The van der Waals surface area contributed by atoms with Crippen molar-refractivity contribution in [2.45, 2.75) is 90.1 Å². The molecule has 0 aliphatic heterocycles. The summed E-state index contributed by atoms with van der Waals surface area (Å²) in [4.78, 5) is 25.5. The Hall–Kier alpha value is -2.36. The molecule has 0 atom stereocenters. The lowest BCUT2D eigenvalue weighted by Crippen LogP contribution is -2.37. The fourth-order valence-corrected chi connectivity index (χ4v) is 5.50. The summed E-state index contributed by atoms with van der Waals surface area (Å²) in [5, 5.41) is 8.43. The van der Waals surface area contributed by atoms with Crippen molar-refractivity contribution >= 4 is 22.6 Å². The summed E-state index contributed by atoms with van der Waals surface area (Å²) in [5.74, 6) is 1.66. The number of benzene rings is 2. The highest BCUT2D eigenvalue weighted by Gasteiger charge is 2.23. The van der Waals surface area contributed by atoms with E-state index in [2.05, 4.69) is 24.5 Å². The predicted octanol–water partition coefficient (Wildman–Crippen LogP) is 6.24. The standard InChI is InChI=1S/C28H38N2O2/c1-3-19-5-13-25(14-6-19)29-27(31)23-11-9-22-18-24(12-10-21(22)17-23)28(32)30-26-15-7-20(4-2)8-16-26/h9-12,17-20,25-26H,3-8,13-16H2,1-2H3,(H,29,31)(H,30,32). The van der Waals surface area contributed by atoms with Gasteiger partial charge in [0.05, 0.1) is 0 Å². The molecule has 2 fully saturated rings. The average molecular weight is 435 g/mol. The first-order valence-corrected chi connectivity index (χ1v) is 12.7. The molecule has 2 aliphatic rings. The lowest BCUT2D eigenvalue weighted by atomic mass is 9.84. The van der Waals surface area contributed by atoms with Crippen molar-refractivity contribution in [2.75, 3.05) is 0 Å². The molecule has 172 valence electrons. The molecule has 0 heterocycles. The second-order valence-electron chi connectivity index (χ2n) is 9.98. The van der Waals surface area contributed by atoms with Crippen LogP contribution in [0.3, 0.4) is 0 Å². The van der Waals surface area contributed by atoms with Crippen LogP contribution in [0.5, 0.6) is 0 Å². The number of fused-ring (bicyclic) bond motifs is 1. The summed E-state index contributed by atoms with van der Waals surface area (Å²) in [6.45, 7) is 4.51. The summed E-state index contributed by atoms with van der Waals surface area (Å²) in [7, 11) is 0. The highest BCUT2D eigenvalue weighted by Crippen LogP contribution is 2.28. The van der Waals surface area contributed by atoms with Crippen LogP contribution < -0.4 is 10.6 Å². The minimum absolute atomic E-state index is 0.0105. The molecule has 2 saturated carbocycles. The predicted molar refractivity (Wildman–Crippen MR) is 131 cm³/mol. The number of carbonyl (C=O) groups is 2. The zero-order chi connectivity index (χ0) is 22.5. The van der Waals surface area contributed by atoms with Crippen LogP contribution in [0.25, 0.3) is 10.8 Å². The van der Waals surface area contributed by atoms with Crippen molar-refractivity contribution < 1.29 is 9.59 Å². The van der Waals surface area contributed by atoms with E-state index in [-0.39, 0.29) is 11.8 Å². The van der Waals surface area contributed by atoms with Crippen molar-refractivity contribution in [3.05, 3.63) is 47.5 Å². The lowest BCUT2D eigenvalue weighted by molar-refractivity contribution is 0.0913. The number of amides is 2. The van der Waals surface area contributed by atoms with Gasteiger partial charge in [-0.15, -0.1) is 0 Å². The summed E-state index contributed by atoms with van der Waals surface area (Å²) < 4.78 is 0. The maximum absolute atomic E-state index is 12.8. The molecule has 0 spiro atoms. The van der Waals surface area contributed by atoms with E-state index in [4.69, 9.17) is 0 Å². The van der Waals surface area contributed by atoms with Gasteiger partial charge >= 0.3 is 0 Å². The van der Waals surface area contributed by atoms with Gasteiger partial charge in [-0.25, -0.2) is 0 Å². The third kappa shape index (κ3) is 5.51. The van der Waals surface area contributed by atoms with E-state index in [1.807, 2.05) is 36.4 Å². The smallest absolute Gasteiger partial charge is 0.251 e. The monoisotopic (exact) mass is 434 g/mol. The van der Waals surface area contributed by atoms with Crippen LogP contribution in [0.1, 0.15) is 98.8 Å². The molecule has 4 rings (SSSR count). The normalized spacial score (nSPS) is 25.9. The van der Waals surface area contributed by atoms with E-state index in [9.17, 15) is 9.59 Å². The molecule has 2 aliphatic carbocycles. The number of rotatable bonds is 6. The van der Waals surface area contributed by atoms with Gasteiger partial charge < -0.3 is 10.6 Å². The van der Waals surface area contributed by atoms with Crippen molar-refractivity contribution in [2.24, 2.45) is 11.8 Å². The van der Waals surface area contributed by atoms with Crippen molar-refractivity contribution in [3.8, 4) is 0 Å². The topological polar surface area (TPSA) is 58.2 Å². The number of hydrogen-bond donors (Lipinski definition) is 2. The fraction of sp³-hybridized carbons (Fsp3) is 0.571. The van der Waals surface area contributed by atoms with Crippen LogP contribution in [0.4, 0.5) is 0 Å². The number of nitrogens with one attached hydrogen (secondary N) is 2. The molecule has 0 saturated heterocycles. The summed E-state index contributed by atoms with van der Waals surface area (Å²) in [6.07, 6.45) is 11.7. The highest BCUT2D eigenvalue weighted by molar-refractivity contribution is 6.02. The second-order valence-corrected chi connectivity index (χ2v) is 9.98. The molecule has 0 bridgehead atoms. The first-order chi connectivity index (χ1) is 15.6. The number of hydrogen-bond acceptors (Lipinski definition) is 2. The van der Waals surface area contributed by atoms with E-state index in [1.54, 1.807) is 0 Å². The van der Waals surface area contributed by atoms with Gasteiger partial charge in [-0.05, 0) is 98.2 Å². The highest BCUT2D eigenvalue weighted by atomic mass is 16.2. The van der Waals surface area contributed by atoms with E-state index >= 15 is 0 Å². The van der Waals surface area contributed by atoms with Gasteiger partial charge in [0.1, 0.15) is 0 Å². The van der Waals surface area contributed by atoms with Crippen LogP contribution >= 0.6 is 0 Å². The Morgan fingerprint density at radius 2 is 1.03 bits per heavy atom. The number of carbonyl (C=O) groups excluding carboxylic acids is 2. The van der Waals surface area contributed by atoms with Crippen molar-refractivity contribution in [1.29, 1.82) is 0 Å². The summed E-state index contributed by atoms with van der Waals surface area (Å²) in [6, 6.07) is 12.1. The Balaban J connectivity index is 1.36. The van der Waals surface area contributed by atoms with Gasteiger partial charge in [0.15, 0.2) is 0 Å². The Morgan fingerprint density at radius 3 is 1.38 bits per heavy atom. The zero-order valence-electron chi connectivity index (χ0n) is 19.7. The molecule has 4 heteroatoms. The van der Waals surface area contributed by atoms with E-state index in [0.717, 1.165) is 48.3 Å². The van der Waals surface area contributed by atoms with Gasteiger partial charge in [0.25, 0.3) is 11.8 Å². The average Bonchev–Trinajstić information content (AvgIpc) is 2.84. The largest absolute Gasteiger partial charge is 0.349 e. The molecule has 0 aromatic heterocycles. The third-order valence-corrected chi connectivity index (χ3v) is 7.88. The second kappa shape index (κ2) is 10.5. The van der Waals surface area contributed by atoms with Crippen LogP contribution in [0.15, 0.2) is 36.4 Å². The Morgan fingerprint density at radius 1 is 0.656 bits per heavy atom. The quantitative estimate of drug-likeness (QED) is 0.565. The maximum Gasteiger partial charge on any atom is 0.251 e. The lowest BCUT2D eigenvalue weighted by Gasteiger charge is -2.28. The van der Waals surface area contributed by atoms with Gasteiger partial charge in [-0.2, -0.15) is 0 Å². The molecule has 2 aromatic carbocycles. The molecule has 0 radical (unpaired) electrons. The minimum atomic E-state index is 0.0105. The molecule has 2 aromatic rings. The van der Waals surface area contributed by atoms with Crippen molar-refractivity contribution in [1.82, 2.24) is 10.6 Å². The SMILES string of the molecule is CCC1CCC(NC(=O)c2ccc3cc(C(=O)NC4CCC(CC)CC4)ccc3c2)CC1. The zero-order valence-corrected chi connectivity index (χ0v) is 19.7. The molecular formula is C28H38N2O2. The molecule has 0 unspecified atom stereocenters. The first-order valence-electron chi connectivity index (χ1n) is 12.7. The Labute approximate surface area is 192 Å². The molecular weight excluding hydrogens is 396 g/mol. The van der Waals surface area contributed by atoms with Gasteiger partial charge in [-0.1, -0.05) is 38.8 Å². The minimum Gasteiger partial charge on any atom is -0.349 e. The van der Waals surface area contributed by atoms with Gasteiger partial charge in [-0.3, -0.25) is 9.59 Å². The summed E-state index contributed by atoms with van der Waals surface area (Å²) in [5.41, 5.74) is 1.39. The Bertz CT molecular complexity index is 860. The van der Waals surface area contributed by atoms with Gasteiger partial charge in [0, 0.05) is 23.2 Å². The molecule has 2 amide bonds. The first kappa shape index (κ1) is 22.8. The molecule has 2 N–H and O–H groups in total. The third-order valence-electron chi connectivity index (χ3n) is 7.88. The fourth-order valence-electron chi connectivity index (χ4n) is 5.50. The van der Waals surface area contributed by atoms with Crippen LogP contribution in [0, 0.1) is 11.8 Å². The van der Waals surface area contributed by atoms with E-state index in [1.165, 1.54) is 38.5 Å².